The molecule has 0 saturated carbocycles. The number of hydrogen-bond acceptors (Lipinski definition) is 6. The first-order valence-electron chi connectivity index (χ1n) is 12.0. The highest BCUT2D eigenvalue weighted by Crippen LogP contribution is 2.29. The van der Waals surface area contributed by atoms with Gasteiger partial charge in [0.15, 0.2) is 0 Å². The van der Waals surface area contributed by atoms with Crippen LogP contribution in [0.3, 0.4) is 0 Å². The van der Waals surface area contributed by atoms with Crippen molar-refractivity contribution in [3.05, 3.63) is 103 Å². The lowest BCUT2D eigenvalue weighted by molar-refractivity contribution is -0.117. The maximum Gasteiger partial charge on any atom is 0.319 e. The first-order valence-corrected chi connectivity index (χ1v) is 12.8. The normalized spacial score (nSPS) is 11.5. The minimum absolute atomic E-state index is 0.303. The summed E-state index contributed by atoms with van der Waals surface area (Å²) in [5.74, 6) is 0.308. The molecular formula is C29H25N5O3S. The van der Waals surface area contributed by atoms with Crippen LogP contribution in [-0.2, 0) is 11.2 Å². The van der Waals surface area contributed by atoms with E-state index in [4.69, 9.17) is 4.74 Å². The Balaban J connectivity index is 1.32. The molecule has 0 bridgehead atoms. The SMILES string of the molecule is COc1cccc(-c2nnc(NC(=O)C(Cc3ccccc3)NC(=O)Nc3cccc4ccccc34)s2)c1. The van der Waals surface area contributed by atoms with Crippen molar-refractivity contribution in [1.29, 1.82) is 0 Å². The Hall–Kier alpha value is -4.76. The van der Waals surface area contributed by atoms with Gasteiger partial charge in [0, 0.05) is 17.4 Å². The van der Waals surface area contributed by atoms with Crippen LogP contribution in [0.5, 0.6) is 5.75 Å². The molecule has 3 N–H and O–H groups in total. The van der Waals surface area contributed by atoms with E-state index < -0.39 is 18.0 Å². The topological polar surface area (TPSA) is 105 Å². The molecular weight excluding hydrogens is 498 g/mol. The van der Waals surface area contributed by atoms with Crippen molar-refractivity contribution in [3.63, 3.8) is 0 Å². The fraction of sp³-hybridized carbons (Fsp3) is 0.103. The molecule has 0 saturated heterocycles. The average molecular weight is 524 g/mol. The van der Waals surface area contributed by atoms with E-state index in [2.05, 4.69) is 26.1 Å². The number of methoxy groups -OCH3 is 1. The van der Waals surface area contributed by atoms with Gasteiger partial charge in [-0.15, -0.1) is 10.2 Å². The summed E-state index contributed by atoms with van der Waals surface area (Å²) >= 11 is 1.24. The monoisotopic (exact) mass is 523 g/mol. The molecule has 0 radical (unpaired) electrons. The molecule has 0 aliphatic rings. The second-order valence-electron chi connectivity index (χ2n) is 8.50. The highest BCUT2D eigenvalue weighted by molar-refractivity contribution is 7.18. The number of hydrogen-bond donors (Lipinski definition) is 3. The van der Waals surface area contributed by atoms with Crippen LogP contribution < -0.4 is 20.7 Å². The molecule has 1 aromatic heterocycles. The molecule has 0 spiro atoms. The van der Waals surface area contributed by atoms with Crippen molar-refractivity contribution in [2.24, 2.45) is 0 Å². The first-order chi connectivity index (χ1) is 18.6. The number of rotatable bonds is 8. The minimum Gasteiger partial charge on any atom is -0.497 e. The van der Waals surface area contributed by atoms with Crippen molar-refractivity contribution in [2.45, 2.75) is 12.5 Å². The van der Waals surface area contributed by atoms with E-state index >= 15 is 0 Å². The van der Waals surface area contributed by atoms with Crippen LogP contribution in [0.15, 0.2) is 97.1 Å². The summed E-state index contributed by atoms with van der Waals surface area (Å²) in [6, 6.07) is 29.1. The number of urea groups is 1. The smallest absolute Gasteiger partial charge is 0.319 e. The Kier molecular flexibility index (Phi) is 7.56. The molecule has 5 aromatic rings. The maximum absolute atomic E-state index is 13.3. The van der Waals surface area contributed by atoms with Gasteiger partial charge in [-0.3, -0.25) is 10.1 Å². The summed E-state index contributed by atoms with van der Waals surface area (Å²) in [5.41, 5.74) is 2.40. The van der Waals surface area contributed by atoms with Gasteiger partial charge < -0.3 is 15.4 Å². The number of amides is 3. The van der Waals surface area contributed by atoms with Crippen LogP contribution in [0, 0.1) is 0 Å². The van der Waals surface area contributed by atoms with Crippen LogP contribution in [0.25, 0.3) is 21.3 Å². The fourth-order valence-electron chi connectivity index (χ4n) is 4.05. The van der Waals surface area contributed by atoms with Gasteiger partial charge in [-0.1, -0.05) is 90.2 Å². The largest absolute Gasteiger partial charge is 0.497 e. The zero-order valence-corrected chi connectivity index (χ0v) is 21.4. The predicted molar refractivity (Wildman–Crippen MR) is 151 cm³/mol. The Morgan fingerprint density at radius 2 is 1.63 bits per heavy atom. The number of carbonyl (C=O) groups is 2. The van der Waals surface area contributed by atoms with Crippen molar-refractivity contribution < 1.29 is 14.3 Å². The molecule has 0 fully saturated rings. The molecule has 9 heteroatoms. The van der Waals surface area contributed by atoms with Crippen molar-refractivity contribution in [3.8, 4) is 16.3 Å². The summed E-state index contributed by atoms with van der Waals surface area (Å²) in [7, 11) is 1.60. The molecule has 38 heavy (non-hydrogen) atoms. The van der Waals surface area contributed by atoms with Gasteiger partial charge in [-0.2, -0.15) is 0 Å². The van der Waals surface area contributed by atoms with E-state index in [-0.39, 0.29) is 0 Å². The molecule has 4 aromatic carbocycles. The highest BCUT2D eigenvalue weighted by Gasteiger charge is 2.23. The molecule has 1 atom stereocenters. The summed E-state index contributed by atoms with van der Waals surface area (Å²) in [5, 5.41) is 19.8. The zero-order valence-electron chi connectivity index (χ0n) is 20.5. The third-order valence-corrected chi connectivity index (χ3v) is 6.80. The number of anilines is 2. The molecule has 5 rings (SSSR count). The Bertz CT molecular complexity index is 1570. The lowest BCUT2D eigenvalue weighted by Gasteiger charge is -2.19. The van der Waals surface area contributed by atoms with Crippen molar-refractivity contribution in [1.82, 2.24) is 15.5 Å². The molecule has 1 heterocycles. The van der Waals surface area contributed by atoms with Crippen molar-refractivity contribution >= 4 is 44.9 Å². The fourth-order valence-corrected chi connectivity index (χ4v) is 4.79. The van der Waals surface area contributed by atoms with Crippen LogP contribution in [0.2, 0.25) is 0 Å². The summed E-state index contributed by atoms with van der Waals surface area (Å²) in [6.45, 7) is 0. The van der Waals surface area contributed by atoms with Gasteiger partial charge in [0.2, 0.25) is 11.0 Å². The van der Waals surface area contributed by atoms with Gasteiger partial charge >= 0.3 is 6.03 Å². The predicted octanol–water partition coefficient (Wildman–Crippen LogP) is 5.74. The number of fused-ring (bicyclic) bond motifs is 1. The second-order valence-corrected chi connectivity index (χ2v) is 9.48. The van der Waals surface area contributed by atoms with Gasteiger partial charge in [0.05, 0.1) is 12.8 Å². The number of aromatic nitrogens is 2. The van der Waals surface area contributed by atoms with Crippen LogP contribution in [-0.4, -0.2) is 35.3 Å². The van der Waals surface area contributed by atoms with E-state index in [1.54, 1.807) is 7.11 Å². The quantitative estimate of drug-likeness (QED) is 0.241. The lowest BCUT2D eigenvalue weighted by Crippen LogP contribution is -2.46. The standard InChI is InChI=1S/C29H25N5O3S/c1-37-22-14-7-13-21(18-22)27-33-34-29(38-27)32-26(35)25(17-19-9-3-2-4-10-19)31-28(36)30-24-16-8-12-20-11-5-6-15-23(20)24/h2-16,18,25H,17H2,1H3,(H2,30,31,36)(H,32,34,35). The Labute approximate surface area is 223 Å². The van der Waals surface area contributed by atoms with E-state index in [0.717, 1.165) is 21.9 Å². The van der Waals surface area contributed by atoms with Gasteiger partial charge in [0.25, 0.3) is 0 Å². The van der Waals surface area contributed by atoms with Gasteiger partial charge in [0.1, 0.15) is 16.8 Å². The van der Waals surface area contributed by atoms with Crippen LogP contribution in [0.4, 0.5) is 15.6 Å². The number of benzene rings is 4. The molecule has 1 unspecified atom stereocenters. The maximum atomic E-state index is 13.3. The minimum atomic E-state index is -0.850. The summed E-state index contributed by atoms with van der Waals surface area (Å²) in [4.78, 5) is 26.4. The zero-order chi connectivity index (χ0) is 26.3. The van der Waals surface area contributed by atoms with Gasteiger partial charge in [-0.25, -0.2) is 4.79 Å². The number of carbonyl (C=O) groups excluding carboxylic acids is 2. The lowest BCUT2D eigenvalue weighted by atomic mass is 10.1. The second kappa shape index (κ2) is 11.5. The highest BCUT2D eigenvalue weighted by atomic mass is 32.1. The van der Waals surface area contributed by atoms with Gasteiger partial charge in [-0.05, 0) is 29.1 Å². The first kappa shape index (κ1) is 24.9. The van der Waals surface area contributed by atoms with E-state index in [1.165, 1.54) is 11.3 Å². The van der Waals surface area contributed by atoms with Crippen LogP contribution in [0.1, 0.15) is 5.56 Å². The third kappa shape index (κ3) is 5.96. The van der Waals surface area contributed by atoms with E-state index in [9.17, 15) is 9.59 Å². The molecule has 0 aliphatic heterocycles. The molecule has 190 valence electrons. The van der Waals surface area contributed by atoms with E-state index in [0.29, 0.717) is 28.0 Å². The summed E-state index contributed by atoms with van der Waals surface area (Å²) in [6.07, 6.45) is 0.303. The molecule has 0 aliphatic carbocycles. The Morgan fingerprint density at radius 3 is 2.47 bits per heavy atom. The molecule has 8 nitrogen and oxygen atoms in total. The molecule has 3 amide bonds. The average Bonchev–Trinajstić information content (AvgIpc) is 3.42. The van der Waals surface area contributed by atoms with Crippen LogP contribution >= 0.6 is 11.3 Å². The summed E-state index contributed by atoms with van der Waals surface area (Å²) < 4.78 is 5.28. The number of nitrogens with one attached hydrogen (secondary N) is 3. The van der Waals surface area contributed by atoms with Crippen molar-refractivity contribution in [2.75, 3.05) is 17.7 Å². The van der Waals surface area contributed by atoms with E-state index in [1.807, 2.05) is 97.1 Å². The number of ether oxygens (including phenoxy) is 1. The third-order valence-electron chi connectivity index (χ3n) is 5.91. The Morgan fingerprint density at radius 1 is 0.868 bits per heavy atom. The number of nitrogens with zero attached hydrogens (tertiary/aromatic N) is 2.